The minimum Gasteiger partial charge on any atom is -0.330 e. The van der Waals surface area contributed by atoms with Gasteiger partial charge in [-0.3, -0.25) is 4.90 Å². The van der Waals surface area contributed by atoms with Gasteiger partial charge in [0.1, 0.15) is 0 Å². The molecule has 2 aliphatic rings. The fourth-order valence-corrected chi connectivity index (χ4v) is 3.25. The SMILES string of the molecule is NCCCC1CCC(N2CCNCC2)CC1. The Labute approximate surface area is 99.8 Å². The van der Waals surface area contributed by atoms with E-state index < -0.39 is 0 Å². The van der Waals surface area contributed by atoms with Crippen LogP contribution in [0.1, 0.15) is 38.5 Å². The monoisotopic (exact) mass is 225 g/mol. The van der Waals surface area contributed by atoms with E-state index >= 15 is 0 Å². The first kappa shape index (κ1) is 12.3. The van der Waals surface area contributed by atoms with Gasteiger partial charge < -0.3 is 11.1 Å². The Balaban J connectivity index is 1.67. The molecular weight excluding hydrogens is 198 g/mol. The summed E-state index contributed by atoms with van der Waals surface area (Å²) in [6.07, 6.45) is 8.32. The molecule has 0 bridgehead atoms. The number of hydrogen-bond acceptors (Lipinski definition) is 3. The topological polar surface area (TPSA) is 41.3 Å². The molecule has 1 heterocycles. The first-order chi connectivity index (χ1) is 7.90. The van der Waals surface area contributed by atoms with Gasteiger partial charge in [0, 0.05) is 32.2 Å². The lowest BCUT2D eigenvalue weighted by atomic mass is 9.82. The quantitative estimate of drug-likeness (QED) is 0.755. The normalized spacial score (nSPS) is 32.8. The largest absolute Gasteiger partial charge is 0.330 e. The summed E-state index contributed by atoms with van der Waals surface area (Å²) < 4.78 is 0. The Hall–Kier alpha value is -0.120. The van der Waals surface area contributed by atoms with Crippen molar-refractivity contribution in [2.45, 2.75) is 44.6 Å². The summed E-state index contributed by atoms with van der Waals surface area (Å²) >= 11 is 0. The number of nitrogens with one attached hydrogen (secondary N) is 1. The van der Waals surface area contributed by atoms with Crippen molar-refractivity contribution < 1.29 is 0 Å². The van der Waals surface area contributed by atoms with E-state index in [2.05, 4.69) is 10.2 Å². The molecule has 3 N–H and O–H groups in total. The summed E-state index contributed by atoms with van der Waals surface area (Å²) in [5, 5.41) is 3.43. The maximum atomic E-state index is 5.57. The molecule has 0 unspecified atom stereocenters. The summed E-state index contributed by atoms with van der Waals surface area (Å²) in [5.41, 5.74) is 5.57. The third-order valence-corrected chi connectivity index (χ3v) is 4.30. The predicted molar refractivity (Wildman–Crippen MR) is 68.5 cm³/mol. The van der Waals surface area contributed by atoms with Gasteiger partial charge in [0.2, 0.25) is 0 Å². The van der Waals surface area contributed by atoms with Gasteiger partial charge in [-0.15, -0.1) is 0 Å². The highest BCUT2D eigenvalue weighted by atomic mass is 15.2. The summed E-state index contributed by atoms with van der Waals surface area (Å²) in [6.45, 7) is 5.77. The van der Waals surface area contributed by atoms with Crippen molar-refractivity contribution in [3.8, 4) is 0 Å². The standard InChI is InChI=1S/C13H27N3/c14-7-1-2-12-3-5-13(6-4-12)16-10-8-15-9-11-16/h12-13,15H,1-11,14H2. The van der Waals surface area contributed by atoms with E-state index in [1.165, 1.54) is 64.7 Å². The third kappa shape index (κ3) is 3.44. The summed E-state index contributed by atoms with van der Waals surface area (Å²) in [7, 11) is 0. The Morgan fingerprint density at radius 2 is 1.75 bits per heavy atom. The molecule has 1 aliphatic heterocycles. The average molecular weight is 225 g/mol. The van der Waals surface area contributed by atoms with Crippen LogP contribution in [0.5, 0.6) is 0 Å². The van der Waals surface area contributed by atoms with E-state index in [1.54, 1.807) is 0 Å². The molecule has 1 aliphatic carbocycles. The second-order valence-electron chi connectivity index (χ2n) is 5.39. The molecule has 0 spiro atoms. The van der Waals surface area contributed by atoms with Gasteiger partial charge in [0.15, 0.2) is 0 Å². The molecule has 1 saturated heterocycles. The zero-order valence-electron chi connectivity index (χ0n) is 10.5. The van der Waals surface area contributed by atoms with Gasteiger partial charge in [-0.05, 0) is 51.0 Å². The first-order valence-corrected chi connectivity index (χ1v) is 7.05. The van der Waals surface area contributed by atoms with Crippen LogP contribution in [0, 0.1) is 5.92 Å². The summed E-state index contributed by atoms with van der Waals surface area (Å²) in [4.78, 5) is 2.70. The van der Waals surface area contributed by atoms with Gasteiger partial charge in [-0.25, -0.2) is 0 Å². The lowest BCUT2D eigenvalue weighted by molar-refractivity contribution is 0.119. The lowest BCUT2D eigenvalue weighted by Crippen LogP contribution is -2.49. The lowest BCUT2D eigenvalue weighted by Gasteiger charge is -2.39. The van der Waals surface area contributed by atoms with E-state index in [9.17, 15) is 0 Å². The van der Waals surface area contributed by atoms with Crippen LogP contribution in [0.15, 0.2) is 0 Å². The van der Waals surface area contributed by atoms with Crippen LogP contribution in [0.2, 0.25) is 0 Å². The average Bonchev–Trinajstić information content (AvgIpc) is 2.38. The zero-order valence-corrected chi connectivity index (χ0v) is 10.5. The minimum absolute atomic E-state index is 0.873. The van der Waals surface area contributed by atoms with E-state index in [1.807, 2.05) is 0 Å². The van der Waals surface area contributed by atoms with Crippen molar-refractivity contribution in [1.29, 1.82) is 0 Å². The smallest absolute Gasteiger partial charge is 0.0110 e. The number of nitrogens with two attached hydrogens (primary N) is 1. The van der Waals surface area contributed by atoms with Crippen LogP contribution in [-0.4, -0.2) is 43.7 Å². The van der Waals surface area contributed by atoms with Gasteiger partial charge in [-0.2, -0.15) is 0 Å². The van der Waals surface area contributed by atoms with Crippen LogP contribution >= 0.6 is 0 Å². The van der Waals surface area contributed by atoms with Crippen LogP contribution in [0.4, 0.5) is 0 Å². The molecule has 0 aromatic rings. The van der Waals surface area contributed by atoms with Gasteiger partial charge in [-0.1, -0.05) is 0 Å². The number of piperazine rings is 1. The van der Waals surface area contributed by atoms with Crippen LogP contribution in [0.3, 0.4) is 0 Å². The van der Waals surface area contributed by atoms with Crippen molar-refractivity contribution in [1.82, 2.24) is 10.2 Å². The number of hydrogen-bond donors (Lipinski definition) is 2. The molecule has 2 fully saturated rings. The zero-order chi connectivity index (χ0) is 11.2. The van der Waals surface area contributed by atoms with E-state index in [0.717, 1.165) is 18.5 Å². The van der Waals surface area contributed by atoms with Gasteiger partial charge in [0.05, 0.1) is 0 Å². The third-order valence-electron chi connectivity index (χ3n) is 4.30. The molecule has 0 radical (unpaired) electrons. The van der Waals surface area contributed by atoms with Crippen LogP contribution in [-0.2, 0) is 0 Å². The molecule has 2 rings (SSSR count). The Kier molecular flexibility index (Phi) is 5.07. The van der Waals surface area contributed by atoms with Gasteiger partial charge >= 0.3 is 0 Å². The highest BCUT2D eigenvalue weighted by Gasteiger charge is 2.26. The maximum absolute atomic E-state index is 5.57. The van der Waals surface area contributed by atoms with E-state index in [0.29, 0.717) is 0 Å². The van der Waals surface area contributed by atoms with Crippen molar-refractivity contribution in [3.63, 3.8) is 0 Å². The Bertz CT molecular complexity index is 182. The molecule has 94 valence electrons. The molecule has 0 aromatic carbocycles. The Morgan fingerprint density at radius 1 is 1.06 bits per heavy atom. The predicted octanol–water partition coefficient (Wildman–Crippen LogP) is 1.19. The second kappa shape index (κ2) is 6.58. The molecule has 0 aromatic heterocycles. The van der Waals surface area contributed by atoms with Crippen molar-refractivity contribution in [3.05, 3.63) is 0 Å². The maximum Gasteiger partial charge on any atom is 0.0110 e. The molecule has 0 amide bonds. The first-order valence-electron chi connectivity index (χ1n) is 7.05. The second-order valence-corrected chi connectivity index (χ2v) is 5.39. The molecule has 0 atom stereocenters. The molecule has 1 saturated carbocycles. The summed E-state index contributed by atoms with van der Waals surface area (Å²) in [5.74, 6) is 0.975. The van der Waals surface area contributed by atoms with Crippen molar-refractivity contribution in [2.24, 2.45) is 11.7 Å². The van der Waals surface area contributed by atoms with E-state index in [-0.39, 0.29) is 0 Å². The minimum atomic E-state index is 0.873. The van der Waals surface area contributed by atoms with E-state index in [4.69, 9.17) is 5.73 Å². The van der Waals surface area contributed by atoms with Crippen molar-refractivity contribution >= 4 is 0 Å². The number of nitrogens with zero attached hydrogens (tertiary/aromatic N) is 1. The summed E-state index contributed by atoms with van der Waals surface area (Å²) in [6, 6.07) is 0.885. The molecule has 3 heteroatoms. The highest BCUT2D eigenvalue weighted by Crippen LogP contribution is 2.30. The van der Waals surface area contributed by atoms with Crippen LogP contribution in [0.25, 0.3) is 0 Å². The molecular formula is C13H27N3. The molecule has 3 nitrogen and oxygen atoms in total. The highest BCUT2D eigenvalue weighted by molar-refractivity contribution is 4.82. The Morgan fingerprint density at radius 3 is 2.38 bits per heavy atom. The fraction of sp³-hybridized carbons (Fsp3) is 1.00. The fourth-order valence-electron chi connectivity index (χ4n) is 3.25. The van der Waals surface area contributed by atoms with Crippen molar-refractivity contribution in [2.75, 3.05) is 32.7 Å². The van der Waals surface area contributed by atoms with Gasteiger partial charge in [0.25, 0.3) is 0 Å². The van der Waals surface area contributed by atoms with Crippen LogP contribution < -0.4 is 11.1 Å². The molecule has 16 heavy (non-hydrogen) atoms. The number of rotatable bonds is 4.